The highest BCUT2D eigenvalue weighted by atomic mass is 32.1. The van der Waals surface area contributed by atoms with E-state index in [1.165, 1.54) is 173 Å². The van der Waals surface area contributed by atoms with Gasteiger partial charge in [-0.05, 0) is 104 Å². The molecule has 0 saturated heterocycles. The molecule has 0 amide bonds. The van der Waals surface area contributed by atoms with Gasteiger partial charge in [0.1, 0.15) is 0 Å². The average molecular weight is 729 g/mol. The van der Waals surface area contributed by atoms with Gasteiger partial charge in [-0.1, -0.05) is 127 Å². The molecule has 0 radical (unpaired) electrons. The molecular formula is C46H48S4. The van der Waals surface area contributed by atoms with Crippen LogP contribution < -0.4 is 0 Å². The zero-order chi connectivity index (χ0) is 33.9. The summed E-state index contributed by atoms with van der Waals surface area (Å²) < 4.78 is 2.83. The Bertz CT molecular complexity index is 2210. The van der Waals surface area contributed by atoms with Crippen molar-refractivity contribution in [1.82, 2.24) is 0 Å². The second-order valence-corrected chi connectivity index (χ2v) is 18.2. The molecule has 0 nitrogen and oxygen atoms in total. The Kier molecular flexibility index (Phi) is 10.7. The number of rotatable bonds is 16. The predicted octanol–water partition coefficient (Wildman–Crippen LogP) is 16.8. The quantitative estimate of drug-likeness (QED) is 0.0686. The molecule has 0 fully saturated rings. The number of benzene rings is 4. The molecule has 0 saturated carbocycles. The van der Waals surface area contributed by atoms with Gasteiger partial charge >= 0.3 is 0 Å². The summed E-state index contributed by atoms with van der Waals surface area (Å²) in [7, 11) is 0. The van der Waals surface area contributed by atoms with E-state index >= 15 is 0 Å². The van der Waals surface area contributed by atoms with Crippen molar-refractivity contribution in [1.29, 1.82) is 0 Å². The summed E-state index contributed by atoms with van der Waals surface area (Å²) in [5.74, 6) is 0. The molecule has 0 unspecified atom stereocenters. The minimum Gasteiger partial charge on any atom is -0.143 e. The molecule has 0 aliphatic rings. The number of thiophene rings is 4. The summed E-state index contributed by atoms with van der Waals surface area (Å²) in [6, 6.07) is 28.7. The molecule has 0 spiro atoms. The molecule has 0 aliphatic carbocycles. The zero-order valence-electron chi connectivity index (χ0n) is 29.6. The van der Waals surface area contributed by atoms with Gasteiger partial charge in [0.15, 0.2) is 0 Å². The van der Waals surface area contributed by atoms with Gasteiger partial charge in [0, 0.05) is 39.7 Å². The van der Waals surface area contributed by atoms with Gasteiger partial charge in [-0.2, -0.15) is 0 Å². The Morgan fingerprint density at radius 2 is 0.760 bits per heavy atom. The van der Waals surface area contributed by atoms with Crippen LogP contribution in [0.2, 0.25) is 0 Å². The number of hydrogen-bond donors (Lipinski definition) is 0. The Hall–Kier alpha value is -3.02. The largest absolute Gasteiger partial charge is 0.143 e. The van der Waals surface area contributed by atoms with E-state index in [-0.39, 0.29) is 0 Å². The minimum atomic E-state index is 1.21. The van der Waals surface area contributed by atoms with Crippen LogP contribution in [0.1, 0.15) is 102 Å². The van der Waals surface area contributed by atoms with Crippen LogP contribution in [0.15, 0.2) is 83.6 Å². The van der Waals surface area contributed by atoms with E-state index < -0.39 is 0 Å². The van der Waals surface area contributed by atoms with Crippen molar-refractivity contribution in [3.8, 4) is 19.5 Å². The molecule has 4 heterocycles. The van der Waals surface area contributed by atoms with E-state index in [9.17, 15) is 0 Å². The number of hydrogen-bond acceptors (Lipinski definition) is 4. The molecule has 0 bridgehead atoms. The topological polar surface area (TPSA) is 0 Å². The van der Waals surface area contributed by atoms with Gasteiger partial charge < -0.3 is 0 Å². The standard InChI is InChI=1S/C46H48S4/c1-3-5-7-9-11-13-15-31-25-41(47-29-31)43-27-33-17-19-37-35-22-24-40-38(36(35)21-23-39(37)45(33)49-43)20-18-34-28-44(50-46(34)40)42-26-32(30-48-42)16-14-12-10-8-6-4-2/h17-30H,3-16H2,1-2H3. The molecule has 0 N–H and O–H groups in total. The number of aryl methyl sites for hydroxylation is 2. The monoisotopic (exact) mass is 728 g/mol. The van der Waals surface area contributed by atoms with Crippen LogP contribution in [-0.2, 0) is 12.8 Å². The molecule has 0 atom stereocenters. The SMILES string of the molecule is CCCCCCCCc1csc(-c2cc3ccc4c5ccc6c(ccc7cc(-c8cc(CCCCCCCC)cs8)sc76)c5ccc4c3s2)c1. The van der Waals surface area contributed by atoms with Crippen LogP contribution >= 0.6 is 45.3 Å². The first kappa shape index (κ1) is 34.1. The third-order valence-corrected chi connectivity index (χ3v) is 15.3. The first-order valence-corrected chi connectivity index (χ1v) is 22.5. The van der Waals surface area contributed by atoms with Crippen LogP contribution in [-0.4, -0.2) is 0 Å². The molecule has 8 aromatic rings. The maximum atomic E-state index is 2.45. The van der Waals surface area contributed by atoms with E-state index in [4.69, 9.17) is 0 Å². The Morgan fingerprint density at radius 3 is 1.22 bits per heavy atom. The van der Waals surface area contributed by atoms with Gasteiger partial charge in [-0.3, -0.25) is 0 Å². The lowest BCUT2D eigenvalue weighted by Crippen LogP contribution is -1.83. The molecular weight excluding hydrogens is 681 g/mol. The summed E-state index contributed by atoms with van der Waals surface area (Å²) in [6.07, 6.45) is 18.7. The molecule has 4 aromatic heterocycles. The first-order chi connectivity index (χ1) is 24.7. The predicted molar refractivity (Wildman–Crippen MR) is 231 cm³/mol. The van der Waals surface area contributed by atoms with Crippen LogP contribution in [0, 0.1) is 0 Å². The van der Waals surface area contributed by atoms with E-state index in [0.717, 1.165) is 0 Å². The van der Waals surface area contributed by atoms with Gasteiger partial charge in [0.25, 0.3) is 0 Å². The van der Waals surface area contributed by atoms with Crippen molar-refractivity contribution in [2.75, 3.05) is 0 Å². The van der Waals surface area contributed by atoms with E-state index in [2.05, 4.69) is 97.4 Å². The maximum Gasteiger partial charge on any atom is 0.0455 e. The second-order valence-electron chi connectivity index (χ2n) is 14.3. The van der Waals surface area contributed by atoms with Gasteiger partial charge in [0.2, 0.25) is 0 Å². The highest BCUT2D eigenvalue weighted by Gasteiger charge is 2.15. The highest BCUT2D eigenvalue weighted by molar-refractivity contribution is 7.27. The smallest absolute Gasteiger partial charge is 0.0455 e. The summed E-state index contributed by atoms with van der Waals surface area (Å²) in [4.78, 5) is 5.65. The zero-order valence-corrected chi connectivity index (χ0v) is 32.9. The fourth-order valence-electron chi connectivity index (χ4n) is 7.77. The van der Waals surface area contributed by atoms with Crippen molar-refractivity contribution in [2.45, 2.75) is 104 Å². The third kappa shape index (κ3) is 7.06. The minimum absolute atomic E-state index is 1.21. The average Bonchev–Trinajstić information content (AvgIpc) is 3.96. The Morgan fingerprint density at radius 1 is 0.380 bits per heavy atom. The van der Waals surface area contributed by atoms with E-state index in [1.807, 2.05) is 45.3 Å². The van der Waals surface area contributed by atoms with Crippen molar-refractivity contribution in [3.63, 3.8) is 0 Å². The third-order valence-electron chi connectivity index (χ3n) is 10.6. The fourth-order valence-corrected chi connectivity index (χ4v) is 12.2. The van der Waals surface area contributed by atoms with Gasteiger partial charge in [0.05, 0.1) is 0 Å². The number of unbranched alkanes of at least 4 members (excludes halogenated alkanes) is 10. The van der Waals surface area contributed by atoms with Crippen molar-refractivity contribution in [3.05, 3.63) is 94.7 Å². The molecule has 256 valence electrons. The molecule has 0 aliphatic heterocycles. The van der Waals surface area contributed by atoms with Crippen LogP contribution in [0.3, 0.4) is 0 Å². The second kappa shape index (κ2) is 15.7. The first-order valence-electron chi connectivity index (χ1n) is 19.1. The fraction of sp³-hybridized carbons (Fsp3) is 0.348. The van der Waals surface area contributed by atoms with Crippen LogP contribution in [0.25, 0.3) is 72.0 Å². The van der Waals surface area contributed by atoms with E-state index in [1.54, 1.807) is 0 Å². The summed E-state index contributed by atoms with van der Waals surface area (Å²) in [6.45, 7) is 4.59. The molecule has 4 heteroatoms. The lowest BCUT2D eigenvalue weighted by Gasteiger charge is -2.09. The lowest BCUT2D eigenvalue weighted by atomic mass is 9.96. The Labute approximate surface area is 313 Å². The van der Waals surface area contributed by atoms with Crippen LogP contribution in [0.5, 0.6) is 0 Å². The summed E-state index contributed by atoms with van der Waals surface area (Å²) >= 11 is 7.77. The molecule has 8 rings (SSSR count). The van der Waals surface area contributed by atoms with Crippen LogP contribution in [0.4, 0.5) is 0 Å². The molecule has 50 heavy (non-hydrogen) atoms. The number of fused-ring (bicyclic) bond motifs is 9. The molecule has 4 aromatic carbocycles. The summed E-state index contributed by atoms with van der Waals surface area (Å²) in [5, 5.41) is 15.7. The van der Waals surface area contributed by atoms with Crippen molar-refractivity contribution in [2.24, 2.45) is 0 Å². The Balaban J connectivity index is 1.04. The van der Waals surface area contributed by atoms with Crippen molar-refractivity contribution >= 4 is 97.8 Å². The van der Waals surface area contributed by atoms with E-state index in [0.29, 0.717) is 0 Å². The lowest BCUT2D eigenvalue weighted by molar-refractivity contribution is 0.608. The highest BCUT2D eigenvalue weighted by Crippen LogP contribution is 2.45. The summed E-state index contributed by atoms with van der Waals surface area (Å²) in [5.41, 5.74) is 3.02. The van der Waals surface area contributed by atoms with Gasteiger partial charge in [-0.15, -0.1) is 45.3 Å². The van der Waals surface area contributed by atoms with Crippen molar-refractivity contribution < 1.29 is 0 Å². The maximum absolute atomic E-state index is 2.45. The normalized spacial score (nSPS) is 12.1. The van der Waals surface area contributed by atoms with Gasteiger partial charge in [-0.25, -0.2) is 0 Å².